The number of aromatic nitrogens is 2. The molecule has 1 aromatic carbocycles. The monoisotopic (exact) mass is 453 g/mol. The molecule has 5 nitrogen and oxygen atoms in total. The summed E-state index contributed by atoms with van der Waals surface area (Å²) < 4.78 is 6.70. The van der Waals surface area contributed by atoms with Gasteiger partial charge in [0.15, 0.2) is 0 Å². The van der Waals surface area contributed by atoms with Crippen molar-refractivity contribution in [1.82, 2.24) is 9.97 Å². The number of nitrogens with one attached hydrogen (secondary N) is 1. The molecule has 0 aliphatic rings. The number of halogens is 1. The van der Waals surface area contributed by atoms with E-state index in [0.717, 1.165) is 30.6 Å². The maximum absolute atomic E-state index is 12.7. The van der Waals surface area contributed by atoms with Gasteiger partial charge >= 0.3 is 0 Å². The number of carbonyl (C=O) groups excluding carboxylic acids is 1. The van der Waals surface area contributed by atoms with E-state index in [0.29, 0.717) is 17.4 Å². The van der Waals surface area contributed by atoms with Crippen molar-refractivity contribution in [3.63, 3.8) is 0 Å². The summed E-state index contributed by atoms with van der Waals surface area (Å²) in [5.74, 6) is 0.392. The van der Waals surface area contributed by atoms with E-state index < -0.39 is 0 Å². The molecule has 0 atom stereocenters. The molecule has 3 rings (SSSR count). The number of hydrogen-bond acceptors (Lipinski definition) is 5. The van der Waals surface area contributed by atoms with E-state index in [1.807, 2.05) is 39.0 Å². The first-order valence-electron chi connectivity index (χ1n) is 7.45. The predicted molar refractivity (Wildman–Crippen MR) is 105 cm³/mol. The van der Waals surface area contributed by atoms with Gasteiger partial charge in [-0.1, -0.05) is 0 Å². The maximum Gasteiger partial charge on any atom is 0.266 e. The number of carbonyl (C=O) groups is 1. The lowest BCUT2D eigenvalue weighted by Gasteiger charge is -2.08. The van der Waals surface area contributed by atoms with Crippen LogP contribution in [-0.2, 0) is 0 Å². The zero-order valence-electron chi connectivity index (χ0n) is 13.5. The number of rotatable bonds is 4. The molecule has 0 aliphatic carbocycles. The fourth-order valence-corrected chi connectivity index (χ4v) is 4.13. The van der Waals surface area contributed by atoms with Crippen LogP contribution in [0.15, 0.2) is 24.5 Å². The molecule has 0 bridgehead atoms. The van der Waals surface area contributed by atoms with Crippen molar-refractivity contribution in [2.75, 3.05) is 11.9 Å². The standard InChI is InChI=1S/C17H16IN3O2S/c1-4-23-16-13-10(3)14(24-17(13)20-8-19-16)15(22)21-12-6-5-11(18)7-9(12)2/h5-8H,4H2,1-3H3,(H,21,22). The van der Waals surface area contributed by atoms with Gasteiger partial charge in [-0.15, -0.1) is 11.3 Å². The van der Waals surface area contributed by atoms with E-state index in [2.05, 4.69) is 37.9 Å². The van der Waals surface area contributed by atoms with Crippen LogP contribution < -0.4 is 10.1 Å². The number of aryl methyl sites for hydroxylation is 2. The van der Waals surface area contributed by atoms with Crippen LogP contribution in [0.25, 0.3) is 10.2 Å². The highest BCUT2D eigenvalue weighted by Crippen LogP contribution is 2.35. The summed E-state index contributed by atoms with van der Waals surface area (Å²) in [6.45, 7) is 6.31. The Morgan fingerprint density at radius 1 is 1.33 bits per heavy atom. The molecule has 2 heterocycles. The number of thiophene rings is 1. The SMILES string of the molecule is CCOc1ncnc2sc(C(=O)Nc3ccc(I)cc3C)c(C)c12. The zero-order valence-corrected chi connectivity index (χ0v) is 16.5. The van der Waals surface area contributed by atoms with Gasteiger partial charge in [0.05, 0.1) is 16.9 Å². The molecule has 1 N–H and O–H groups in total. The third-order valence-electron chi connectivity index (χ3n) is 3.62. The van der Waals surface area contributed by atoms with Crippen LogP contribution in [0.1, 0.15) is 27.7 Å². The molecule has 0 aliphatic heterocycles. The van der Waals surface area contributed by atoms with Gasteiger partial charge in [-0.05, 0) is 72.7 Å². The van der Waals surface area contributed by atoms with Crippen molar-refractivity contribution in [2.45, 2.75) is 20.8 Å². The Morgan fingerprint density at radius 3 is 2.83 bits per heavy atom. The summed E-state index contributed by atoms with van der Waals surface area (Å²) in [5, 5.41) is 3.80. The minimum atomic E-state index is -0.137. The highest BCUT2D eigenvalue weighted by molar-refractivity contribution is 14.1. The summed E-state index contributed by atoms with van der Waals surface area (Å²) in [6, 6.07) is 5.93. The second-order valence-corrected chi connectivity index (χ2v) is 7.51. The number of benzene rings is 1. The molecule has 0 saturated carbocycles. The Morgan fingerprint density at radius 2 is 2.12 bits per heavy atom. The molecule has 0 saturated heterocycles. The molecule has 0 unspecified atom stereocenters. The lowest BCUT2D eigenvalue weighted by molar-refractivity contribution is 0.103. The van der Waals surface area contributed by atoms with Crippen LogP contribution in [0, 0.1) is 17.4 Å². The van der Waals surface area contributed by atoms with Crippen LogP contribution in [0.5, 0.6) is 5.88 Å². The van der Waals surface area contributed by atoms with E-state index in [9.17, 15) is 4.79 Å². The quantitative estimate of drug-likeness (QED) is 0.589. The van der Waals surface area contributed by atoms with Gasteiger partial charge < -0.3 is 10.1 Å². The number of ether oxygens (including phenoxy) is 1. The van der Waals surface area contributed by atoms with Gasteiger partial charge in [0.1, 0.15) is 11.2 Å². The molecule has 1 amide bonds. The van der Waals surface area contributed by atoms with Crippen molar-refractivity contribution < 1.29 is 9.53 Å². The molecule has 0 spiro atoms. The van der Waals surface area contributed by atoms with Gasteiger partial charge in [-0.2, -0.15) is 0 Å². The van der Waals surface area contributed by atoms with Gasteiger partial charge in [-0.3, -0.25) is 4.79 Å². The van der Waals surface area contributed by atoms with E-state index in [1.54, 1.807) is 0 Å². The number of fused-ring (bicyclic) bond motifs is 1. The van der Waals surface area contributed by atoms with Crippen molar-refractivity contribution >= 4 is 55.7 Å². The third-order valence-corrected chi connectivity index (χ3v) is 5.49. The minimum absolute atomic E-state index is 0.137. The summed E-state index contributed by atoms with van der Waals surface area (Å²) >= 11 is 3.61. The largest absolute Gasteiger partial charge is 0.477 e. The van der Waals surface area contributed by atoms with Crippen LogP contribution in [-0.4, -0.2) is 22.5 Å². The van der Waals surface area contributed by atoms with Crippen LogP contribution in [0.4, 0.5) is 5.69 Å². The first-order valence-corrected chi connectivity index (χ1v) is 9.35. The Labute approximate surface area is 157 Å². The van der Waals surface area contributed by atoms with Gasteiger partial charge in [0, 0.05) is 9.26 Å². The Balaban J connectivity index is 1.98. The highest BCUT2D eigenvalue weighted by Gasteiger charge is 2.20. The second kappa shape index (κ2) is 7.02. The Bertz CT molecular complexity index is 924. The summed E-state index contributed by atoms with van der Waals surface area (Å²) in [7, 11) is 0. The third kappa shape index (κ3) is 3.23. The maximum atomic E-state index is 12.7. The number of hydrogen-bond donors (Lipinski definition) is 1. The number of nitrogens with zero attached hydrogens (tertiary/aromatic N) is 2. The Hall–Kier alpha value is -1.74. The van der Waals surface area contributed by atoms with Gasteiger partial charge in [-0.25, -0.2) is 9.97 Å². The van der Waals surface area contributed by atoms with E-state index in [1.165, 1.54) is 17.7 Å². The van der Waals surface area contributed by atoms with E-state index >= 15 is 0 Å². The molecule has 24 heavy (non-hydrogen) atoms. The topological polar surface area (TPSA) is 64.1 Å². The molecule has 3 aromatic rings. The lowest BCUT2D eigenvalue weighted by Crippen LogP contribution is -2.12. The van der Waals surface area contributed by atoms with Crippen LogP contribution in [0.3, 0.4) is 0 Å². The van der Waals surface area contributed by atoms with Gasteiger partial charge in [0.25, 0.3) is 5.91 Å². The van der Waals surface area contributed by atoms with E-state index in [4.69, 9.17) is 4.74 Å². The first kappa shape index (κ1) is 17.1. The first-order chi connectivity index (χ1) is 11.5. The lowest BCUT2D eigenvalue weighted by atomic mass is 10.1. The van der Waals surface area contributed by atoms with Crippen molar-refractivity contribution in [1.29, 1.82) is 0 Å². The Kier molecular flexibility index (Phi) is 5.00. The number of amides is 1. The van der Waals surface area contributed by atoms with Crippen LogP contribution >= 0.6 is 33.9 Å². The molecule has 0 radical (unpaired) electrons. The molecule has 0 fully saturated rings. The summed E-state index contributed by atoms with van der Waals surface area (Å²) in [4.78, 5) is 22.6. The minimum Gasteiger partial charge on any atom is -0.477 e. The van der Waals surface area contributed by atoms with Crippen molar-refractivity contribution in [3.05, 3.63) is 44.1 Å². The smallest absolute Gasteiger partial charge is 0.266 e. The fraction of sp³-hybridized carbons (Fsp3) is 0.235. The summed E-state index contributed by atoms with van der Waals surface area (Å²) in [6.07, 6.45) is 1.47. The van der Waals surface area contributed by atoms with Crippen molar-refractivity contribution in [3.8, 4) is 5.88 Å². The average molecular weight is 453 g/mol. The van der Waals surface area contributed by atoms with Crippen molar-refractivity contribution in [2.24, 2.45) is 0 Å². The molecule has 124 valence electrons. The number of anilines is 1. The average Bonchev–Trinajstić information content (AvgIpc) is 2.88. The molecular formula is C17H16IN3O2S. The molecule has 7 heteroatoms. The highest BCUT2D eigenvalue weighted by atomic mass is 127. The fourth-order valence-electron chi connectivity index (χ4n) is 2.45. The van der Waals surface area contributed by atoms with Crippen LogP contribution in [0.2, 0.25) is 0 Å². The summed E-state index contributed by atoms with van der Waals surface area (Å²) in [5.41, 5.74) is 2.69. The van der Waals surface area contributed by atoms with Gasteiger partial charge in [0.2, 0.25) is 5.88 Å². The normalized spacial score (nSPS) is 10.8. The predicted octanol–water partition coefficient (Wildman–Crippen LogP) is 4.56. The molecular weight excluding hydrogens is 437 g/mol. The molecule has 2 aromatic heterocycles. The van der Waals surface area contributed by atoms with E-state index in [-0.39, 0.29) is 5.91 Å². The second-order valence-electron chi connectivity index (χ2n) is 5.26. The zero-order chi connectivity index (χ0) is 17.3.